The summed E-state index contributed by atoms with van der Waals surface area (Å²) >= 11 is 3.29. The lowest BCUT2D eigenvalue weighted by molar-refractivity contribution is -0.330. The lowest BCUT2D eigenvalue weighted by Gasteiger charge is -2.13. The first-order chi connectivity index (χ1) is 15.2. The molecule has 0 saturated carbocycles. The summed E-state index contributed by atoms with van der Waals surface area (Å²) in [6.45, 7) is -0.146. The third kappa shape index (κ3) is 5.19. The molecule has 0 unspecified atom stereocenters. The number of alkyl halides is 3. The number of imidazole rings is 1. The second-order valence-corrected chi connectivity index (χ2v) is 7.80. The SMILES string of the molecule is O=C1NC[C@H](CNc2ncc3[nH]c(=O)n(Cc4cc(Br)ccc4COC(F)(F)F)c3n2)O1. The van der Waals surface area contributed by atoms with Crippen molar-refractivity contribution >= 4 is 39.1 Å². The molecule has 32 heavy (non-hydrogen) atoms. The van der Waals surface area contributed by atoms with Crippen molar-refractivity contribution in [2.75, 3.05) is 18.4 Å². The molecule has 0 bridgehead atoms. The van der Waals surface area contributed by atoms with Crippen LogP contribution in [-0.2, 0) is 22.6 Å². The molecule has 1 saturated heterocycles. The fourth-order valence-electron chi connectivity index (χ4n) is 3.14. The number of H-pyrrole nitrogens is 1. The largest absolute Gasteiger partial charge is 0.522 e. The van der Waals surface area contributed by atoms with Crippen LogP contribution in [0.2, 0.25) is 0 Å². The van der Waals surface area contributed by atoms with Gasteiger partial charge in [-0.05, 0) is 23.3 Å². The quantitative estimate of drug-likeness (QED) is 0.440. The molecule has 0 radical (unpaired) electrons. The van der Waals surface area contributed by atoms with E-state index in [2.05, 4.69) is 46.3 Å². The maximum Gasteiger partial charge on any atom is 0.522 e. The number of fused-ring (bicyclic) bond motifs is 1. The molecule has 1 atom stereocenters. The first kappa shape index (κ1) is 22.1. The van der Waals surface area contributed by atoms with Crippen LogP contribution in [0.4, 0.5) is 23.9 Å². The number of anilines is 1. The van der Waals surface area contributed by atoms with Gasteiger partial charge in [0, 0.05) is 4.47 Å². The van der Waals surface area contributed by atoms with Gasteiger partial charge in [0.2, 0.25) is 5.95 Å². The van der Waals surface area contributed by atoms with Gasteiger partial charge >= 0.3 is 18.1 Å². The van der Waals surface area contributed by atoms with Gasteiger partial charge in [-0.2, -0.15) is 4.98 Å². The molecular formula is C18H16BrF3N6O4. The summed E-state index contributed by atoms with van der Waals surface area (Å²) in [7, 11) is 0. The standard InChI is InChI=1S/C18H16BrF3N6O4/c19-11-2-1-9(8-31-18(20,21)22)10(3-11)7-28-14-13(26-16(28)29)6-24-15(27-14)23-4-12-5-25-17(30)32-12/h1-3,6,12H,4-5,7-8H2,(H,25,30)(H,26,29)(H,23,24,27)/t12-/m0/s1. The van der Waals surface area contributed by atoms with Gasteiger partial charge in [0.05, 0.1) is 32.4 Å². The Morgan fingerprint density at radius 1 is 1.31 bits per heavy atom. The number of benzene rings is 1. The normalized spacial score (nSPS) is 16.2. The summed E-state index contributed by atoms with van der Waals surface area (Å²) in [6.07, 6.45) is -4.27. The zero-order chi connectivity index (χ0) is 22.9. The number of aromatic nitrogens is 4. The minimum Gasteiger partial charge on any atom is -0.442 e. The summed E-state index contributed by atoms with van der Waals surface area (Å²) in [4.78, 5) is 34.7. The highest BCUT2D eigenvalue weighted by Crippen LogP contribution is 2.24. The van der Waals surface area contributed by atoms with Crippen LogP contribution in [0.3, 0.4) is 0 Å². The van der Waals surface area contributed by atoms with E-state index in [4.69, 9.17) is 4.74 Å². The van der Waals surface area contributed by atoms with Crippen molar-refractivity contribution in [3.8, 4) is 0 Å². The van der Waals surface area contributed by atoms with E-state index >= 15 is 0 Å². The molecule has 3 N–H and O–H groups in total. The monoisotopic (exact) mass is 516 g/mol. The molecule has 1 fully saturated rings. The first-order valence-corrected chi connectivity index (χ1v) is 10.1. The number of cyclic esters (lactones) is 1. The van der Waals surface area contributed by atoms with Gasteiger partial charge in [0.15, 0.2) is 5.65 Å². The maximum absolute atomic E-state index is 12.5. The van der Waals surface area contributed by atoms with Gasteiger partial charge in [-0.1, -0.05) is 22.0 Å². The summed E-state index contributed by atoms with van der Waals surface area (Å²) in [6, 6.07) is 4.69. The molecule has 3 aromatic rings. The topological polar surface area (TPSA) is 123 Å². The van der Waals surface area contributed by atoms with Gasteiger partial charge < -0.3 is 20.4 Å². The summed E-state index contributed by atoms with van der Waals surface area (Å²) in [5.41, 5.74) is 0.843. The second kappa shape index (κ2) is 8.78. The van der Waals surface area contributed by atoms with Gasteiger partial charge in [-0.25, -0.2) is 14.6 Å². The summed E-state index contributed by atoms with van der Waals surface area (Å²) < 4.78 is 48.4. The molecule has 0 spiro atoms. The van der Waals surface area contributed by atoms with Gasteiger partial charge in [0.25, 0.3) is 0 Å². The minimum atomic E-state index is -4.78. The first-order valence-electron chi connectivity index (χ1n) is 9.30. The summed E-state index contributed by atoms with van der Waals surface area (Å²) in [5, 5.41) is 5.46. The number of halogens is 4. The van der Waals surface area contributed by atoms with Crippen molar-refractivity contribution in [2.24, 2.45) is 0 Å². The number of ether oxygens (including phenoxy) is 2. The van der Waals surface area contributed by atoms with Crippen molar-refractivity contribution in [3.63, 3.8) is 0 Å². The van der Waals surface area contributed by atoms with Gasteiger partial charge in [0.1, 0.15) is 11.6 Å². The predicted molar refractivity (Wildman–Crippen MR) is 109 cm³/mol. The van der Waals surface area contributed by atoms with Crippen molar-refractivity contribution in [3.05, 3.63) is 50.5 Å². The molecule has 10 nitrogen and oxygen atoms in total. The lowest BCUT2D eigenvalue weighted by Crippen LogP contribution is -2.24. The molecule has 14 heteroatoms. The van der Waals surface area contributed by atoms with Gasteiger partial charge in [-0.3, -0.25) is 9.30 Å². The van der Waals surface area contributed by atoms with E-state index in [0.29, 0.717) is 22.1 Å². The van der Waals surface area contributed by atoms with E-state index in [0.717, 1.165) is 0 Å². The van der Waals surface area contributed by atoms with Crippen LogP contribution < -0.4 is 16.3 Å². The number of hydrogen-bond donors (Lipinski definition) is 3. The van der Waals surface area contributed by atoms with E-state index < -0.39 is 30.9 Å². The fraction of sp³-hybridized carbons (Fsp3) is 0.333. The Bertz CT molecular complexity index is 1210. The Balaban J connectivity index is 1.59. The molecule has 2 aromatic heterocycles. The van der Waals surface area contributed by atoms with Crippen LogP contribution in [0, 0.1) is 0 Å². The average molecular weight is 517 g/mol. The Morgan fingerprint density at radius 3 is 2.84 bits per heavy atom. The number of carbonyl (C=O) groups excluding carboxylic acids is 1. The number of hydrogen-bond acceptors (Lipinski definition) is 7. The zero-order valence-electron chi connectivity index (χ0n) is 16.2. The van der Waals surface area contributed by atoms with E-state index in [-0.39, 0.29) is 30.2 Å². The maximum atomic E-state index is 12.5. The predicted octanol–water partition coefficient (Wildman–Crippen LogP) is 2.49. The molecular weight excluding hydrogens is 501 g/mol. The van der Waals surface area contributed by atoms with E-state index in [9.17, 15) is 22.8 Å². The van der Waals surface area contributed by atoms with Crippen LogP contribution in [0.25, 0.3) is 11.2 Å². The molecule has 1 amide bonds. The molecule has 170 valence electrons. The Kier molecular flexibility index (Phi) is 6.06. The number of carbonyl (C=O) groups is 1. The zero-order valence-corrected chi connectivity index (χ0v) is 17.8. The highest BCUT2D eigenvalue weighted by molar-refractivity contribution is 9.10. The van der Waals surface area contributed by atoms with Gasteiger partial charge in [-0.15, -0.1) is 13.2 Å². The van der Waals surface area contributed by atoms with Crippen LogP contribution >= 0.6 is 15.9 Å². The average Bonchev–Trinajstić information content (AvgIpc) is 3.28. The Morgan fingerprint density at radius 2 is 2.12 bits per heavy atom. The number of rotatable bonds is 7. The minimum absolute atomic E-state index is 0.0462. The van der Waals surface area contributed by atoms with E-state index in [1.807, 2.05) is 0 Å². The van der Waals surface area contributed by atoms with Crippen LogP contribution in [0.1, 0.15) is 11.1 Å². The number of nitrogens with one attached hydrogen (secondary N) is 3. The third-order valence-corrected chi connectivity index (χ3v) is 5.13. The van der Waals surface area contributed by atoms with Crippen LogP contribution in [0.5, 0.6) is 0 Å². The molecule has 1 aliphatic rings. The van der Waals surface area contributed by atoms with Crippen molar-refractivity contribution in [2.45, 2.75) is 25.6 Å². The fourth-order valence-corrected chi connectivity index (χ4v) is 3.55. The highest BCUT2D eigenvalue weighted by atomic mass is 79.9. The van der Waals surface area contributed by atoms with Crippen molar-refractivity contribution < 1.29 is 27.4 Å². The van der Waals surface area contributed by atoms with Crippen molar-refractivity contribution in [1.82, 2.24) is 24.8 Å². The highest BCUT2D eigenvalue weighted by Gasteiger charge is 2.29. The molecule has 0 aliphatic carbocycles. The van der Waals surface area contributed by atoms with E-state index in [1.54, 1.807) is 12.1 Å². The van der Waals surface area contributed by atoms with Crippen molar-refractivity contribution in [1.29, 1.82) is 0 Å². The van der Waals surface area contributed by atoms with Crippen LogP contribution in [-0.4, -0.2) is 51.2 Å². The van der Waals surface area contributed by atoms with Crippen LogP contribution in [0.15, 0.2) is 33.7 Å². The Labute approximate surface area is 186 Å². The lowest BCUT2D eigenvalue weighted by atomic mass is 10.1. The summed E-state index contributed by atoms with van der Waals surface area (Å²) in [5.74, 6) is 0.197. The number of amides is 1. The third-order valence-electron chi connectivity index (χ3n) is 4.63. The molecule has 1 aromatic carbocycles. The molecule has 3 heterocycles. The molecule has 4 rings (SSSR count). The number of nitrogens with zero attached hydrogens (tertiary/aromatic N) is 3. The second-order valence-electron chi connectivity index (χ2n) is 6.88. The molecule has 1 aliphatic heterocycles. The smallest absolute Gasteiger partial charge is 0.442 e. The van der Waals surface area contributed by atoms with E-state index in [1.165, 1.54) is 16.8 Å². The Hall–Kier alpha value is -3.13. The number of alkyl carbamates (subject to hydrolysis) is 1. The number of aromatic amines is 1.